The first kappa shape index (κ1) is 17.1. The highest BCUT2D eigenvalue weighted by molar-refractivity contribution is 5.84. The minimum absolute atomic E-state index is 0.131. The summed E-state index contributed by atoms with van der Waals surface area (Å²) in [5, 5.41) is 28.5. The van der Waals surface area contributed by atoms with E-state index >= 15 is 0 Å². The smallest absolute Gasteiger partial charge is 0.115 e. The Balaban J connectivity index is 2.16. The molecule has 0 atom stereocenters. The number of phenols is 2. The van der Waals surface area contributed by atoms with Gasteiger partial charge in [-0.05, 0) is 76.9 Å². The summed E-state index contributed by atoms with van der Waals surface area (Å²) in [5.74, 6) is 0.444. The van der Waals surface area contributed by atoms with Crippen molar-refractivity contribution in [2.75, 3.05) is 6.61 Å². The second-order valence-corrected chi connectivity index (χ2v) is 6.27. The van der Waals surface area contributed by atoms with Crippen LogP contribution in [0.15, 0.2) is 77.9 Å². The fourth-order valence-electron chi connectivity index (χ4n) is 2.88. The lowest BCUT2D eigenvalue weighted by atomic mass is 9.90. The van der Waals surface area contributed by atoms with Gasteiger partial charge in [0.25, 0.3) is 0 Å². The Labute approximate surface area is 147 Å². The molecule has 128 valence electrons. The fraction of sp³-hybridized carbons (Fsp3) is 0.182. The number of aromatic hydroxyl groups is 2. The Hall–Kier alpha value is -2.78. The molecular formula is C22H22O3. The minimum Gasteiger partial charge on any atom is -0.508 e. The number of hydrogen-bond acceptors (Lipinski definition) is 3. The van der Waals surface area contributed by atoms with Gasteiger partial charge in [0.05, 0.1) is 0 Å². The van der Waals surface area contributed by atoms with Crippen molar-refractivity contribution in [3.63, 3.8) is 0 Å². The third-order valence-corrected chi connectivity index (χ3v) is 4.32. The normalized spacial score (nSPS) is 14.6. The molecule has 3 rings (SSSR count). The SMILES string of the molecule is C=C1C/C1=C\C(CCCO)=C(c1ccc(O)cc1)c1ccc(O)cc1. The lowest BCUT2D eigenvalue weighted by Gasteiger charge is -2.15. The molecule has 1 fully saturated rings. The largest absolute Gasteiger partial charge is 0.508 e. The Morgan fingerprint density at radius 3 is 1.80 bits per heavy atom. The molecule has 0 amide bonds. The van der Waals surface area contributed by atoms with Crippen LogP contribution < -0.4 is 0 Å². The molecule has 0 saturated heterocycles. The number of rotatable bonds is 6. The van der Waals surface area contributed by atoms with Gasteiger partial charge in [0.1, 0.15) is 11.5 Å². The van der Waals surface area contributed by atoms with E-state index in [2.05, 4.69) is 12.7 Å². The second kappa shape index (κ2) is 7.41. The van der Waals surface area contributed by atoms with E-state index in [1.807, 2.05) is 24.3 Å². The van der Waals surface area contributed by atoms with E-state index in [-0.39, 0.29) is 18.1 Å². The Kier molecular flexibility index (Phi) is 5.05. The van der Waals surface area contributed by atoms with Gasteiger partial charge in [-0.15, -0.1) is 0 Å². The summed E-state index contributed by atoms with van der Waals surface area (Å²) in [7, 11) is 0. The van der Waals surface area contributed by atoms with Crippen LogP contribution in [0.25, 0.3) is 5.57 Å². The zero-order chi connectivity index (χ0) is 17.8. The van der Waals surface area contributed by atoms with Crippen LogP contribution in [-0.4, -0.2) is 21.9 Å². The predicted molar refractivity (Wildman–Crippen MR) is 100 cm³/mol. The van der Waals surface area contributed by atoms with E-state index in [9.17, 15) is 15.3 Å². The van der Waals surface area contributed by atoms with Crippen molar-refractivity contribution >= 4 is 5.57 Å². The molecule has 0 aliphatic heterocycles. The van der Waals surface area contributed by atoms with Crippen molar-refractivity contribution in [2.45, 2.75) is 19.3 Å². The van der Waals surface area contributed by atoms with Gasteiger partial charge in [-0.1, -0.05) is 36.9 Å². The molecule has 1 aliphatic rings. The van der Waals surface area contributed by atoms with Gasteiger partial charge >= 0.3 is 0 Å². The average Bonchev–Trinajstić information content (AvgIpc) is 3.31. The van der Waals surface area contributed by atoms with E-state index in [1.165, 1.54) is 5.57 Å². The molecule has 1 aliphatic carbocycles. The molecule has 1 saturated carbocycles. The molecule has 2 aromatic rings. The first-order valence-corrected chi connectivity index (χ1v) is 8.40. The summed E-state index contributed by atoms with van der Waals surface area (Å²) < 4.78 is 0. The topological polar surface area (TPSA) is 60.7 Å². The maximum absolute atomic E-state index is 9.61. The van der Waals surface area contributed by atoms with E-state index in [0.717, 1.165) is 40.7 Å². The maximum atomic E-state index is 9.61. The number of aliphatic hydroxyl groups is 1. The van der Waals surface area contributed by atoms with Gasteiger partial charge in [0, 0.05) is 6.61 Å². The number of hydrogen-bond donors (Lipinski definition) is 3. The average molecular weight is 334 g/mol. The lowest BCUT2D eigenvalue weighted by molar-refractivity contribution is 0.289. The van der Waals surface area contributed by atoms with Crippen molar-refractivity contribution in [2.24, 2.45) is 0 Å². The number of phenolic OH excluding ortho intramolecular Hbond substituents is 2. The molecule has 2 aromatic carbocycles. The van der Waals surface area contributed by atoms with Gasteiger partial charge in [-0.25, -0.2) is 0 Å². The van der Waals surface area contributed by atoms with Crippen LogP contribution in [0.1, 0.15) is 30.4 Å². The van der Waals surface area contributed by atoms with E-state index in [4.69, 9.17) is 0 Å². The van der Waals surface area contributed by atoms with Crippen LogP contribution in [0, 0.1) is 0 Å². The van der Waals surface area contributed by atoms with Gasteiger partial charge in [0.15, 0.2) is 0 Å². The van der Waals surface area contributed by atoms with E-state index in [0.29, 0.717) is 6.42 Å². The zero-order valence-corrected chi connectivity index (χ0v) is 14.1. The van der Waals surface area contributed by atoms with Crippen LogP contribution in [0.5, 0.6) is 11.5 Å². The van der Waals surface area contributed by atoms with Crippen molar-refractivity contribution in [3.05, 3.63) is 89.0 Å². The molecule has 0 unspecified atom stereocenters. The lowest BCUT2D eigenvalue weighted by Crippen LogP contribution is -1.95. The molecule has 3 heteroatoms. The van der Waals surface area contributed by atoms with Crippen LogP contribution in [0.4, 0.5) is 0 Å². The van der Waals surface area contributed by atoms with Crippen molar-refractivity contribution in [3.8, 4) is 11.5 Å². The summed E-state index contributed by atoms with van der Waals surface area (Å²) in [5.41, 5.74) is 6.53. The molecule has 0 radical (unpaired) electrons. The van der Waals surface area contributed by atoms with Crippen molar-refractivity contribution < 1.29 is 15.3 Å². The third-order valence-electron chi connectivity index (χ3n) is 4.32. The zero-order valence-electron chi connectivity index (χ0n) is 14.1. The molecule has 25 heavy (non-hydrogen) atoms. The standard InChI is InChI=1S/C22H22O3/c1-15-13-19(15)14-18(3-2-12-23)22(16-4-8-20(24)9-5-16)17-6-10-21(25)11-7-17/h4-11,14,23-25H,1-3,12-13H2/b19-14+. The van der Waals surface area contributed by atoms with Gasteiger partial charge in [0.2, 0.25) is 0 Å². The number of aliphatic hydroxyl groups excluding tert-OH is 1. The van der Waals surface area contributed by atoms with Crippen LogP contribution in [0.2, 0.25) is 0 Å². The summed E-state index contributed by atoms with van der Waals surface area (Å²) >= 11 is 0. The second-order valence-electron chi connectivity index (χ2n) is 6.27. The molecule has 0 bridgehead atoms. The Morgan fingerprint density at radius 2 is 1.40 bits per heavy atom. The quantitative estimate of drug-likeness (QED) is 0.726. The van der Waals surface area contributed by atoms with E-state index in [1.54, 1.807) is 24.3 Å². The number of allylic oxidation sites excluding steroid dienone is 4. The highest BCUT2D eigenvalue weighted by Gasteiger charge is 2.20. The van der Waals surface area contributed by atoms with Crippen molar-refractivity contribution in [1.82, 2.24) is 0 Å². The van der Waals surface area contributed by atoms with Crippen molar-refractivity contribution in [1.29, 1.82) is 0 Å². The number of benzene rings is 2. The maximum Gasteiger partial charge on any atom is 0.115 e. The van der Waals surface area contributed by atoms with Gasteiger partial charge < -0.3 is 15.3 Å². The summed E-state index contributed by atoms with van der Waals surface area (Å²) in [6.07, 6.45) is 4.50. The highest BCUT2D eigenvalue weighted by Crippen LogP contribution is 2.39. The third kappa shape index (κ3) is 4.20. The van der Waals surface area contributed by atoms with Gasteiger partial charge in [-0.2, -0.15) is 0 Å². The summed E-state index contributed by atoms with van der Waals surface area (Å²) in [6.45, 7) is 4.13. The highest BCUT2D eigenvalue weighted by atomic mass is 16.3. The molecule has 0 aromatic heterocycles. The summed E-state index contributed by atoms with van der Waals surface area (Å²) in [6, 6.07) is 14.2. The Morgan fingerprint density at radius 1 is 0.920 bits per heavy atom. The van der Waals surface area contributed by atoms with Gasteiger partial charge in [-0.3, -0.25) is 0 Å². The van der Waals surface area contributed by atoms with E-state index < -0.39 is 0 Å². The molecule has 3 nitrogen and oxygen atoms in total. The molecule has 0 heterocycles. The molecule has 0 spiro atoms. The monoisotopic (exact) mass is 334 g/mol. The Bertz CT molecular complexity index is 777. The molecule has 3 N–H and O–H groups in total. The van der Waals surface area contributed by atoms with Crippen LogP contribution >= 0.6 is 0 Å². The summed E-state index contributed by atoms with van der Waals surface area (Å²) in [4.78, 5) is 0. The van der Waals surface area contributed by atoms with Crippen LogP contribution in [0.3, 0.4) is 0 Å². The molecular weight excluding hydrogens is 312 g/mol. The first-order valence-electron chi connectivity index (χ1n) is 8.40. The minimum atomic E-state index is 0.131. The first-order chi connectivity index (χ1) is 12.1. The predicted octanol–water partition coefficient (Wildman–Crippen LogP) is 4.56. The fourth-order valence-corrected chi connectivity index (χ4v) is 2.88. The van der Waals surface area contributed by atoms with Crippen LogP contribution in [-0.2, 0) is 0 Å².